The number of carbonyl (C=O) groups excluding carboxylic acids is 1. The van der Waals surface area contributed by atoms with Crippen LogP contribution in [0.1, 0.15) is 33.6 Å². The van der Waals surface area contributed by atoms with E-state index in [2.05, 4.69) is 5.32 Å². The third-order valence-corrected chi connectivity index (χ3v) is 3.67. The number of rotatable bonds is 13. The highest BCUT2D eigenvalue weighted by Gasteiger charge is 2.34. The van der Waals surface area contributed by atoms with Crippen molar-refractivity contribution >= 4 is 5.91 Å². The lowest BCUT2D eigenvalue weighted by Crippen LogP contribution is -2.59. The summed E-state index contributed by atoms with van der Waals surface area (Å²) in [5.74, 6) is -0.231. The molecule has 1 rings (SSSR count). The monoisotopic (exact) mass is 333 g/mol. The predicted molar refractivity (Wildman–Crippen MR) is 85.3 cm³/mol. The first-order valence-corrected chi connectivity index (χ1v) is 8.39. The molecule has 1 amide bonds. The van der Waals surface area contributed by atoms with E-state index < -0.39 is 5.54 Å². The molecule has 0 radical (unpaired) electrons. The van der Waals surface area contributed by atoms with E-state index in [1.807, 2.05) is 20.8 Å². The molecule has 0 unspecified atom stereocenters. The number of hydrogen-bond acceptors (Lipinski definition) is 6. The van der Waals surface area contributed by atoms with Gasteiger partial charge in [0.1, 0.15) is 12.1 Å². The second kappa shape index (κ2) is 10.9. The first-order valence-electron chi connectivity index (χ1n) is 8.39. The number of nitrogens with one attached hydrogen (secondary N) is 1. The summed E-state index contributed by atoms with van der Waals surface area (Å²) in [4.78, 5) is 12.2. The molecule has 0 atom stereocenters. The van der Waals surface area contributed by atoms with Crippen molar-refractivity contribution in [2.75, 3.05) is 46.2 Å². The van der Waals surface area contributed by atoms with Gasteiger partial charge in [0.2, 0.25) is 5.91 Å². The molecule has 1 aliphatic carbocycles. The third kappa shape index (κ3) is 7.58. The molecule has 0 aromatic rings. The molecule has 0 saturated heterocycles. The van der Waals surface area contributed by atoms with E-state index in [4.69, 9.17) is 18.9 Å². The number of ether oxygens (including phenoxy) is 4. The largest absolute Gasteiger partial charge is 0.393 e. The fourth-order valence-corrected chi connectivity index (χ4v) is 2.32. The van der Waals surface area contributed by atoms with Gasteiger partial charge in [-0.3, -0.25) is 4.79 Å². The van der Waals surface area contributed by atoms with Crippen LogP contribution in [0.5, 0.6) is 0 Å². The van der Waals surface area contributed by atoms with Crippen LogP contribution in [0.4, 0.5) is 0 Å². The minimum Gasteiger partial charge on any atom is -0.393 e. The van der Waals surface area contributed by atoms with Gasteiger partial charge in [0, 0.05) is 19.8 Å². The van der Waals surface area contributed by atoms with Crippen LogP contribution in [0.15, 0.2) is 0 Å². The molecule has 1 saturated carbocycles. The molecule has 0 heterocycles. The fraction of sp³-hybridized carbons (Fsp3) is 0.938. The summed E-state index contributed by atoms with van der Waals surface area (Å²) in [7, 11) is 0. The summed E-state index contributed by atoms with van der Waals surface area (Å²) in [5.41, 5.74) is -0.721. The van der Waals surface area contributed by atoms with Gasteiger partial charge < -0.3 is 29.4 Å². The van der Waals surface area contributed by atoms with Crippen molar-refractivity contribution in [1.29, 1.82) is 0 Å². The van der Waals surface area contributed by atoms with Crippen molar-refractivity contribution in [2.45, 2.75) is 51.4 Å². The van der Waals surface area contributed by atoms with E-state index in [0.717, 1.165) is 0 Å². The molecular formula is C16H31NO6. The number of amides is 1. The number of aliphatic hydroxyl groups is 1. The van der Waals surface area contributed by atoms with Gasteiger partial charge in [0.05, 0.1) is 32.0 Å². The average molecular weight is 333 g/mol. The van der Waals surface area contributed by atoms with E-state index in [1.165, 1.54) is 0 Å². The van der Waals surface area contributed by atoms with Gasteiger partial charge in [0.25, 0.3) is 0 Å². The molecule has 7 nitrogen and oxygen atoms in total. The number of aliphatic hydroxyl groups excluding tert-OH is 1. The average Bonchev–Trinajstić information content (AvgIpc) is 2.51. The number of carbonyl (C=O) groups is 1. The Bertz CT molecular complexity index is 311. The number of hydrogen-bond donors (Lipinski definition) is 2. The van der Waals surface area contributed by atoms with Gasteiger partial charge in [-0.05, 0) is 33.6 Å². The lowest BCUT2D eigenvalue weighted by atomic mass is 9.92. The summed E-state index contributed by atoms with van der Waals surface area (Å²) in [6.07, 6.45) is 0.858. The van der Waals surface area contributed by atoms with E-state index in [1.54, 1.807) is 0 Å². The van der Waals surface area contributed by atoms with Gasteiger partial charge in [0.15, 0.2) is 0 Å². The zero-order chi connectivity index (χ0) is 17.1. The van der Waals surface area contributed by atoms with E-state index in [9.17, 15) is 9.90 Å². The Kier molecular flexibility index (Phi) is 9.66. The lowest BCUT2D eigenvalue weighted by Gasteiger charge is -2.35. The maximum absolute atomic E-state index is 12.2. The van der Waals surface area contributed by atoms with Gasteiger partial charge in [-0.1, -0.05) is 0 Å². The highest BCUT2D eigenvalue weighted by molar-refractivity contribution is 5.78. The van der Waals surface area contributed by atoms with Crippen LogP contribution in [0, 0.1) is 0 Å². The van der Waals surface area contributed by atoms with E-state index in [0.29, 0.717) is 52.5 Å². The zero-order valence-electron chi connectivity index (χ0n) is 14.5. The molecule has 0 bridgehead atoms. The second-order valence-corrected chi connectivity index (χ2v) is 5.80. The van der Waals surface area contributed by atoms with Crippen molar-refractivity contribution in [3.63, 3.8) is 0 Å². The Morgan fingerprint density at radius 1 is 1.04 bits per heavy atom. The summed E-state index contributed by atoms with van der Waals surface area (Å²) in [5, 5.41) is 12.2. The predicted octanol–water partition coefficient (Wildman–Crippen LogP) is 0.491. The topological polar surface area (TPSA) is 86.2 Å². The first kappa shape index (κ1) is 20.3. The lowest BCUT2D eigenvalue weighted by molar-refractivity contribution is -0.139. The Hall–Kier alpha value is -0.730. The molecule has 1 fully saturated rings. The molecule has 0 aliphatic heterocycles. The Morgan fingerprint density at radius 3 is 1.91 bits per heavy atom. The van der Waals surface area contributed by atoms with Gasteiger partial charge in [-0.2, -0.15) is 0 Å². The van der Waals surface area contributed by atoms with Crippen LogP contribution in [0.2, 0.25) is 0 Å². The summed E-state index contributed by atoms with van der Waals surface area (Å²) in [6, 6.07) is 0. The highest BCUT2D eigenvalue weighted by Crippen LogP contribution is 2.22. The van der Waals surface area contributed by atoms with Gasteiger partial charge >= 0.3 is 0 Å². The Labute approximate surface area is 138 Å². The molecular weight excluding hydrogens is 302 g/mol. The first-order chi connectivity index (χ1) is 11.0. The van der Waals surface area contributed by atoms with E-state index >= 15 is 0 Å². The quantitative estimate of drug-likeness (QED) is 0.510. The minimum atomic E-state index is -0.721. The molecule has 7 heteroatoms. The molecule has 0 aromatic heterocycles. The van der Waals surface area contributed by atoms with Crippen molar-refractivity contribution in [2.24, 2.45) is 0 Å². The van der Waals surface area contributed by atoms with Gasteiger partial charge in [-0.15, -0.1) is 0 Å². The van der Waals surface area contributed by atoms with Crippen LogP contribution in [-0.2, 0) is 23.7 Å². The molecule has 1 aliphatic rings. The van der Waals surface area contributed by atoms with Crippen LogP contribution in [0.3, 0.4) is 0 Å². The van der Waals surface area contributed by atoms with Gasteiger partial charge in [-0.25, -0.2) is 0 Å². The van der Waals surface area contributed by atoms with Crippen LogP contribution >= 0.6 is 0 Å². The van der Waals surface area contributed by atoms with Crippen LogP contribution < -0.4 is 5.32 Å². The van der Waals surface area contributed by atoms with Crippen LogP contribution in [-0.4, -0.2) is 75.0 Å². The standard InChI is InChI=1S/C16H31NO6/c1-4-20-10-16(11-21-5-2,12-22-6-3)17-15(19)9-23-14-7-13(18)8-14/h13-14,18H,4-12H2,1-3H3,(H,17,19). The maximum Gasteiger partial charge on any atom is 0.246 e. The van der Waals surface area contributed by atoms with Crippen molar-refractivity contribution in [3.8, 4) is 0 Å². The molecule has 2 N–H and O–H groups in total. The Morgan fingerprint density at radius 2 is 1.52 bits per heavy atom. The van der Waals surface area contributed by atoms with Crippen molar-refractivity contribution in [1.82, 2.24) is 5.32 Å². The second-order valence-electron chi connectivity index (χ2n) is 5.80. The third-order valence-electron chi connectivity index (χ3n) is 3.67. The normalized spacial score (nSPS) is 21.0. The minimum absolute atomic E-state index is 0.0316. The molecule has 136 valence electrons. The Balaban J connectivity index is 2.53. The van der Waals surface area contributed by atoms with Crippen molar-refractivity contribution in [3.05, 3.63) is 0 Å². The summed E-state index contributed by atoms with van der Waals surface area (Å²) < 4.78 is 22.0. The van der Waals surface area contributed by atoms with Crippen LogP contribution in [0.25, 0.3) is 0 Å². The highest BCUT2D eigenvalue weighted by atomic mass is 16.5. The molecule has 23 heavy (non-hydrogen) atoms. The smallest absolute Gasteiger partial charge is 0.246 e. The fourth-order valence-electron chi connectivity index (χ4n) is 2.32. The van der Waals surface area contributed by atoms with Crippen molar-refractivity contribution < 1.29 is 28.8 Å². The maximum atomic E-state index is 12.2. The summed E-state index contributed by atoms with van der Waals surface area (Å²) in [6.45, 7) is 8.26. The zero-order valence-corrected chi connectivity index (χ0v) is 14.5. The van der Waals surface area contributed by atoms with E-state index in [-0.39, 0.29) is 24.7 Å². The molecule has 0 aromatic carbocycles. The SMILES string of the molecule is CCOCC(COCC)(COCC)NC(=O)COC1CC(O)C1. The summed E-state index contributed by atoms with van der Waals surface area (Å²) >= 11 is 0. The molecule has 0 spiro atoms.